The van der Waals surface area contributed by atoms with Crippen LogP contribution in [0.4, 0.5) is 0 Å². The number of carbonyl (C=O) groups is 2. The molecule has 94 valence electrons. The highest BCUT2D eigenvalue weighted by atomic mass is 16.3. The summed E-state index contributed by atoms with van der Waals surface area (Å²) >= 11 is 0. The molecule has 2 unspecified atom stereocenters. The second-order valence-electron chi connectivity index (χ2n) is 4.39. The van der Waals surface area contributed by atoms with Crippen LogP contribution in [0.2, 0.25) is 0 Å². The van der Waals surface area contributed by atoms with Crippen LogP contribution in [0.5, 0.6) is 0 Å². The zero-order valence-electron chi connectivity index (χ0n) is 9.67. The van der Waals surface area contributed by atoms with E-state index in [4.69, 9.17) is 5.73 Å². The number of hydrogen-bond acceptors (Lipinski definition) is 5. The lowest BCUT2D eigenvalue weighted by Gasteiger charge is -1.98. The molecule has 1 saturated carbocycles. The number of aldehydes is 1. The molecule has 1 aliphatic carbocycles. The predicted octanol–water partition coefficient (Wildman–Crippen LogP) is 0.827. The van der Waals surface area contributed by atoms with Gasteiger partial charge >= 0.3 is 0 Å². The number of unbranched alkanes of at least 4 members (excludes halogenated alkanes) is 2. The van der Waals surface area contributed by atoms with Gasteiger partial charge in [-0.2, -0.15) is 4.91 Å². The Labute approximate surface area is 99.6 Å². The summed E-state index contributed by atoms with van der Waals surface area (Å²) in [5.74, 6) is -0.290. The summed E-state index contributed by atoms with van der Waals surface area (Å²) in [6.45, 7) is 0.304. The Hall–Kier alpha value is -1.43. The van der Waals surface area contributed by atoms with Crippen LogP contribution in [-0.4, -0.2) is 30.5 Å². The minimum absolute atomic E-state index is 0.0519. The number of carbonyl (C=O) groups excluding carboxylic acids is 2. The molecular weight excluding hydrogens is 222 g/mol. The third kappa shape index (κ3) is 4.52. The van der Waals surface area contributed by atoms with Crippen LogP contribution >= 0.6 is 0 Å². The molecule has 1 fully saturated rings. The molecule has 1 aliphatic rings. The second kappa shape index (κ2) is 6.34. The van der Waals surface area contributed by atoms with Crippen molar-refractivity contribution in [3.05, 3.63) is 4.91 Å². The van der Waals surface area contributed by atoms with E-state index in [1.54, 1.807) is 6.21 Å². The molecule has 0 aromatic heterocycles. The lowest BCUT2D eigenvalue weighted by Crippen LogP contribution is -2.27. The van der Waals surface area contributed by atoms with E-state index in [1.807, 2.05) is 0 Å². The van der Waals surface area contributed by atoms with Gasteiger partial charge in [0, 0.05) is 12.6 Å². The van der Waals surface area contributed by atoms with Crippen molar-refractivity contribution in [2.75, 3.05) is 6.54 Å². The van der Waals surface area contributed by atoms with Gasteiger partial charge in [-0.25, -0.2) is 4.99 Å². The Morgan fingerprint density at radius 2 is 2.24 bits per heavy atom. The second-order valence-corrected chi connectivity index (χ2v) is 4.39. The van der Waals surface area contributed by atoms with E-state index >= 15 is 0 Å². The number of nitroso groups, excluding NO2 is 1. The summed E-state index contributed by atoms with van der Waals surface area (Å²) in [5.41, 5.74) is 4.85. The summed E-state index contributed by atoms with van der Waals surface area (Å²) < 4.78 is 0. The molecule has 0 spiro atoms. The normalized spacial score (nSPS) is 27.0. The van der Waals surface area contributed by atoms with Gasteiger partial charge in [0.1, 0.15) is 6.29 Å². The standard InChI is InChI=1S/C11H17N3O3/c12-11(8-15)7-9(11)6-10(16)13-4-2-1-3-5-14-17/h4,8-9H,1-3,5-7,12H2. The fourth-order valence-electron chi connectivity index (χ4n) is 1.62. The van der Waals surface area contributed by atoms with Gasteiger partial charge in [-0.15, -0.1) is 0 Å². The molecule has 0 aliphatic heterocycles. The van der Waals surface area contributed by atoms with Gasteiger partial charge in [-0.05, 0) is 31.6 Å². The summed E-state index contributed by atoms with van der Waals surface area (Å²) in [4.78, 5) is 35.4. The molecule has 0 saturated heterocycles. The number of hydrogen-bond donors (Lipinski definition) is 1. The van der Waals surface area contributed by atoms with Gasteiger partial charge in [0.2, 0.25) is 5.91 Å². The number of aliphatic imine (C=N–C) groups is 1. The first-order valence-corrected chi connectivity index (χ1v) is 5.72. The van der Waals surface area contributed by atoms with E-state index < -0.39 is 5.54 Å². The molecule has 6 nitrogen and oxygen atoms in total. The summed E-state index contributed by atoms with van der Waals surface area (Å²) in [5, 5.41) is 2.73. The number of rotatable bonds is 8. The average molecular weight is 239 g/mol. The fourth-order valence-corrected chi connectivity index (χ4v) is 1.62. The predicted molar refractivity (Wildman–Crippen MR) is 63.7 cm³/mol. The van der Waals surface area contributed by atoms with Crippen LogP contribution in [0.25, 0.3) is 0 Å². The largest absolute Gasteiger partial charge is 0.319 e. The van der Waals surface area contributed by atoms with E-state index in [2.05, 4.69) is 10.2 Å². The first kappa shape index (κ1) is 13.6. The van der Waals surface area contributed by atoms with Gasteiger partial charge in [0.05, 0.1) is 12.1 Å². The van der Waals surface area contributed by atoms with Crippen molar-refractivity contribution in [1.82, 2.24) is 0 Å². The average Bonchev–Trinajstić information content (AvgIpc) is 2.95. The SMILES string of the molecule is NC1(C=O)CC1CC(=O)N=CCCCCN=O. The minimum Gasteiger partial charge on any atom is -0.319 e. The van der Waals surface area contributed by atoms with Crippen molar-refractivity contribution in [2.45, 2.75) is 37.6 Å². The highest BCUT2D eigenvalue weighted by molar-refractivity contribution is 5.86. The van der Waals surface area contributed by atoms with E-state index in [1.165, 1.54) is 0 Å². The summed E-state index contributed by atoms with van der Waals surface area (Å²) in [7, 11) is 0. The maximum Gasteiger partial charge on any atom is 0.245 e. The Balaban J connectivity index is 2.11. The van der Waals surface area contributed by atoms with Crippen molar-refractivity contribution in [2.24, 2.45) is 21.8 Å². The molecular formula is C11H17N3O3. The summed E-state index contributed by atoms with van der Waals surface area (Å²) in [6, 6.07) is 0. The molecule has 1 rings (SSSR count). The van der Waals surface area contributed by atoms with Crippen LogP contribution < -0.4 is 5.73 Å². The molecule has 2 atom stereocenters. The molecule has 0 heterocycles. The zero-order valence-corrected chi connectivity index (χ0v) is 9.67. The molecule has 0 bridgehead atoms. The molecule has 0 aromatic rings. The summed E-state index contributed by atoms with van der Waals surface area (Å²) in [6.07, 6.45) is 5.23. The maximum absolute atomic E-state index is 11.3. The molecule has 2 N–H and O–H groups in total. The monoisotopic (exact) mass is 239 g/mol. The number of nitrogens with two attached hydrogens (primary N) is 1. The third-order valence-electron chi connectivity index (χ3n) is 2.91. The van der Waals surface area contributed by atoms with Crippen molar-refractivity contribution in [3.63, 3.8) is 0 Å². The van der Waals surface area contributed by atoms with Gasteiger partial charge < -0.3 is 10.5 Å². The van der Waals surface area contributed by atoms with Crippen molar-refractivity contribution in [3.8, 4) is 0 Å². The van der Waals surface area contributed by atoms with Crippen LogP contribution in [0, 0.1) is 10.8 Å². The molecule has 1 amide bonds. The Bertz CT molecular complexity index is 330. The van der Waals surface area contributed by atoms with Crippen LogP contribution in [-0.2, 0) is 9.59 Å². The van der Waals surface area contributed by atoms with Crippen LogP contribution in [0.3, 0.4) is 0 Å². The van der Waals surface area contributed by atoms with Gasteiger partial charge in [-0.1, -0.05) is 5.18 Å². The highest BCUT2D eigenvalue weighted by Crippen LogP contribution is 2.41. The Morgan fingerprint density at radius 1 is 1.47 bits per heavy atom. The molecule has 0 radical (unpaired) electrons. The number of amides is 1. The Morgan fingerprint density at radius 3 is 2.82 bits per heavy atom. The van der Waals surface area contributed by atoms with Crippen LogP contribution in [0.1, 0.15) is 32.1 Å². The van der Waals surface area contributed by atoms with Gasteiger partial charge in [0.15, 0.2) is 0 Å². The van der Waals surface area contributed by atoms with Crippen molar-refractivity contribution < 1.29 is 9.59 Å². The molecule has 0 aromatic carbocycles. The van der Waals surface area contributed by atoms with E-state index in [-0.39, 0.29) is 18.2 Å². The topological polar surface area (TPSA) is 102 Å². The van der Waals surface area contributed by atoms with E-state index in [9.17, 15) is 14.5 Å². The minimum atomic E-state index is -0.791. The zero-order chi connectivity index (χ0) is 12.7. The fraction of sp³-hybridized carbons (Fsp3) is 0.727. The number of nitrogens with zero attached hydrogens (tertiary/aromatic N) is 2. The lowest BCUT2D eigenvalue weighted by molar-refractivity contribution is -0.118. The van der Waals surface area contributed by atoms with Crippen molar-refractivity contribution >= 4 is 18.4 Å². The molecule has 17 heavy (non-hydrogen) atoms. The highest BCUT2D eigenvalue weighted by Gasteiger charge is 2.51. The Kier molecular flexibility index (Phi) is 5.09. The van der Waals surface area contributed by atoms with Gasteiger partial charge in [-0.3, -0.25) is 4.79 Å². The smallest absolute Gasteiger partial charge is 0.245 e. The third-order valence-corrected chi connectivity index (χ3v) is 2.91. The van der Waals surface area contributed by atoms with E-state index in [0.717, 1.165) is 6.42 Å². The van der Waals surface area contributed by atoms with Crippen LogP contribution in [0.15, 0.2) is 10.2 Å². The van der Waals surface area contributed by atoms with E-state index in [0.29, 0.717) is 32.1 Å². The molecule has 6 heteroatoms. The first-order chi connectivity index (χ1) is 8.12. The quantitative estimate of drug-likeness (QED) is 0.293. The van der Waals surface area contributed by atoms with Crippen molar-refractivity contribution in [1.29, 1.82) is 0 Å². The lowest BCUT2D eigenvalue weighted by atomic mass is 10.2. The first-order valence-electron chi connectivity index (χ1n) is 5.72. The van der Waals surface area contributed by atoms with Gasteiger partial charge in [0.25, 0.3) is 0 Å². The maximum atomic E-state index is 11.3.